The quantitative estimate of drug-likeness (QED) is 0.837. The van der Waals surface area contributed by atoms with Crippen LogP contribution in [0.1, 0.15) is 60.2 Å². The number of nitrogens with one attached hydrogen (secondary N) is 1. The van der Waals surface area contributed by atoms with Crippen molar-refractivity contribution in [2.24, 2.45) is 5.41 Å². The molecule has 1 aromatic heterocycles. The molecule has 1 heterocycles. The third-order valence-electron chi connectivity index (χ3n) is 2.71. The first-order chi connectivity index (χ1) is 8.55. The van der Waals surface area contributed by atoms with Crippen LogP contribution < -0.4 is 11.1 Å². The molecule has 1 aromatic rings. The summed E-state index contributed by atoms with van der Waals surface area (Å²) in [6.07, 6.45) is 0. The van der Waals surface area contributed by atoms with Crippen molar-refractivity contribution in [1.29, 1.82) is 0 Å². The van der Waals surface area contributed by atoms with E-state index >= 15 is 0 Å². The van der Waals surface area contributed by atoms with Gasteiger partial charge in [0.05, 0.1) is 15.4 Å². The molecule has 106 valence electrons. The summed E-state index contributed by atoms with van der Waals surface area (Å²) in [5.41, 5.74) is 6.59. The fraction of sp³-hybridized carbons (Fsp3) is 0.571. The van der Waals surface area contributed by atoms with Gasteiger partial charge in [-0.1, -0.05) is 20.8 Å². The van der Waals surface area contributed by atoms with E-state index in [1.807, 2.05) is 34.6 Å². The van der Waals surface area contributed by atoms with Crippen LogP contribution in [-0.4, -0.2) is 17.7 Å². The lowest BCUT2D eigenvalue weighted by Gasteiger charge is -2.17. The van der Waals surface area contributed by atoms with Crippen LogP contribution >= 0.6 is 11.3 Å². The van der Waals surface area contributed by atoms with Crippen LogP contribution in [0.3, 0.4) is 0 Å². The van der Waals surface area contributed by atoms with Gasteiger partial charge in [0.2, 0.25) is 0 Å². The summed E-state index contributed by atoms with van der Waals surface area (Å²) in [7, 11) is 0. The van der Waals surface area contributed by atoms with Gasteiger partial charge >= 0.3 is 0 Å². The summed E-state index contributed by atoms with van der Waals surface area (Å²) in [5.74, 6) is -0.195. The standard InChI is InChI=1S/C14H22N2O2S/c1-7(2)16-13(18)10-8(3)9(12(15)19-10)11(17)14(4,5)6/h7H,15H2,1-6H3,(H,16,18). The largest absolute Gasteiger partial charge is 0.390 e. The maximum absolute atomic E-state index is 12.4. The van der Waals surface area contributed by atoms with E-state index in [1.165, 1.54) is 11.3 Å². The zero-order valence-corrected chi connectivity index (χ0v) is 13.2. The molecule has 0 fully saturated rings. The Balaban J connectivity index is 3.22. The number of rotatable bonds is 3. The molecule has 0 unspecified atom stereocenters. The molecule has 0 bridgehead atoms. The molecule has 19 heavy (non-hydrogen) atoms. The van der Waals surface area contributed by atoms with E-state index in [4.69, 9.17) is 5.73 Å². The first-order valence-electron chi connectivity index (χ1n) is 6.30. The monoisotopic (exact) mass is 282 g/mol. The number of anilines is 1. The summed E-state index contributed by atoms with van der Waals surface area (Å²) in [4.78, 5) is 24.9. The second kappa shape index (κ2) is 5.33. The molecule has 0 saturated heterocycles. The number of ketones is 1. The van der Waals surface area contributed by atoms with Gasteiger partial charge in [-0.25, -0.2) is 0 Å². The van der Waals surface area contributed by atoms with Crippen molar-refractivity contribution in [3.63, 3.8) is 0 Å². The molecule has 0 saturated carbocycles. The van der Waals surface area contributed by atoms with Gasteiger partial charge in [0.25, 0.3) is 5.91 Å². The minimum Gasteiger partial charge on any atom is -0.390 e. The predicted molar refractivity (Wildman–Crippen MR) is 79.9 cm³/mol. The Morgan fingerprint density at radius 1 is 1.26 bits per heavy atom. The minimum atomic E-state index is -0.508. The highest BCUT2D eigenvalue weighted by Crippen LogP contribution is 2.35. The number of nitrogen functional groups attached to an aromatic ring is 1. The van der Waals surface area contributed by atoms with E-state index in [0.717, 1.165) is 0 Å². The van der Waals surface area contributed by atoms with Gasteiger partial charge in [0, 0.05) is 11.5 Å². The minimum absolute atomic E-state index is 0.0256. The number of carbonyl (C=O) groups is 2. The Hall–Kier alpha value is -1.36. The highest BCUT2D eigenvalue weighted by Gasteiger charge is 2.30. The molecule has 0 atom stereocenters. The smallest absolute Gasteiger partial charge is 0.261 e. The fourth-order valence-corrected chi connectivity index (χ4v) is 2.71. The maximum Gasteiger partial charge on any atom is 0.261 e. The number of nitrogens with two attached hydrogens (primary N) is 1. The zero-order chi connectivity index (χ0) is 15.0. The zero-order valence-electron chi connectivity index (χ0n) is 12.4. The van der Waals surface area contributed by atoms with Crippen molar-refractivity contribution in [3.8, 4) is 0 Å². The summed E-state index contributed by atoms with van der Waals surface area (Å²) >= 11 is 1.18. The van der Waals surface area contributed by atoms with Crippen molar-refractivity contribution in [3.05, 3.63) is 16.0 Å². The van der Waals surface area contributed by atoms with Crippen LogP contribution in [0.15, 0.2) is 0 Å². The number of hydrogen-bond donors (Lipinski definition) is 2. The van der Waals surface area contributed by atoms with Gasteiger partial charge in [0.1, 0.15) is 0 Å². The Labute approximate surface area is 118 Å². The fourth-order valence-electron chi connectivity index (χ4n) is 1.74. The van der Waals surface area contributed by atoms with Gasteiger partial charge in [-0.3, -0.25) is 9.59 Å². The lowest BCUT2D eigenvalue weighted by Crippen LogP contribution is -2.30. The molecule has 3 N–H and O–H groups in total. The van der Waals surface area contributed by atoms with Gasteiger partial charge in [0.15, 0.2) is 5.78 Å². The highest BCUT2D eigenvalue weighted by molar-refractivity contribution is 7.18. The second-order valence-electron chi connectivity index (χ2n) is 6.00. The van der Waals surface area contributed by atoms with E-state index in [-0.39, 0.29) is 17.7 Å². The SMILES string of the molecule is Cc1c(C(=O)NC(C)C)sc(N)c1C(=O)C(C)(C)C. The van der Waals surface area contributed by atoms with Crippen molar-refractivity contribution in [1.82, 2.24) is 5.32 Å². The first-order valence-corrected chi connectivity index (χ1v) is 7.12. The van der Waals surface area contributed by atoms with E-state index in [2.05, 4.69) is 5.32 Å². The Kier molecular flexibility index (Phi) is 4.40. The predicted octanol–water partition coefficient (Wildman–Crippen LogP) is 3.01. The van der Waals surface area contributed by atoms with Gasteiger partial charge in [-0.15, -0.1) is 11.3 Å². The molecule has 1 rings (SSSR count). The van der Waals surface area contributed by atoms with Gasteiger partial charge < -0.3 is 11.1 Å². The maximum atomic E-state index is 12.4. The van der Waals surface area contributed by atoms with Crippen molar-refractivity contribution < 1.29 is 9.59 Å². The summed E-state index contributed by atoms with van der Waals surface area (Å²) < 4.78 is 0. The average molecular weight is 282 g/mol. The summed E-state index contributed by atoms with van der Waals surface area (Å²) in [6.45, 7) is 11.1. The molecular formula is C14H22N2O2S. The number of Topliss-reactive ketones (excluding diaryl/α,β-unsaturated/α-hetero) is 1. The molecule has 0 aliphatic rings. The second-order valence-corrected chi connectivity index (χ2v) is 7.05. The van der Waals surface area contributed by atoms with E-state index < -0.39 is 5.41 Å². The average Bonchev–Trinajstić information content (AvgIpc) is 2.51. The van der Waals surface area contributed by atoms with Crippen LogP contribution in [0.4, 0.5) is 5.00 Å². The van der Waals surface area contributed by atoms with Crippen LogP contribution in [0.2, 0.25) is 0 Å². The lowest BCUT2D eigenvalue weighted by atomic mass is 9.85. The number of hydrogen-bond acceptors (Lipinski definition) is 4. The third-order valence-corrected chi connectivity index (χ3v) is 3.83. The highest BCUT2D eigenvalue weighted by atomic mass is 32.1. The number of amides is 1. The Morgan fingerprint density at radius 3 is 2.21 bits per heavy atom. The van der Waals surface area contributed by atoms with Crippen LogP contribution in [0.5, 0.6) is 0 Å². The molecule has 0 spiro atoms. The van der Waals surface area contributed by atoms with Crippen molar-refractivity contribution in [2.75, 3.05) is 5.73 Å². The van der Waals surface area contributed by atoms with Gasteiger partial charge in [-0.2, -0.15) is 0 Å². The molecule has 0 radical (unpaired) electrons. The Morgan fingerprint density at radius 2 is 1.79 bits per heavy atom. The molecule has 5 heteroatoms. The van der Waals surface area contributed by atoms with Crippen LogP contribution in [0, 0.1) is 12.3 Å². The normalized spacial score (nSPS) is 11.7. The van der Waals surface area contributed by atoms with Crippen LogP contribution in [0.25, 0.3) is 0 Å². The van der Waals surface area contributed by atoms with Crippen molar-refractivity contribution in [2.45, 2.75) is 47.6 Å². The van der Waals surface area contributed by atoms with E-state index in [1.54, 1.807) is 6.92 Å². The topological polar surface area (TPSA) is 72.2 Å². The molecule has 4 nitrogen and oxygen atoms in total. The molecule has 0 aliphatic carbocycles. The Bertz CT molecular complexity index is 510. The van der Waals surface area contributed by atoms with E-state index in [0.29, 0.717) is 21.0 Å². The van der Waals surface area contributed by atoms with E-state index in [9.17, 15) is 9.59 Å². The summed E-state index contributed by atoms with van der Waals surface area (Å²) in [6, 6.07) is 0.0528. The third kappa shape index (κ3) is 3.35. The van der Waals surface area contributed by atoms with Crippen LogP contribution in [-0.2, 0) is 0 Å². The molecular weight excluding hydrogens is 260 g/mol. The molecule has 1 amide bonds. The first kappa shape index (κ1) is 15.7. The number of thiophene rings is 1. The molecule has 0 aliphatic heterocycles. The van der Waals surface area contributed by atoms with Gasteiger partial charge in [-0.05, 0) is 26.3 Å². The number of carbonyl (C=O) groups excluding carboxylic acids is 2. The lowest BCUT2D eigenvalue weighted by molar-refractivity contribution is 0.0859. The molecule has 0 aromatic carbocycles. The summed E-state index contributed by atoms with van der Waals surface area (Å²) in [5, 5.41) is 3.25. The van der Waals surface area contributed by atoms with Crippen molar-refractivity contribution >= 4 is 28.0 Å².